The molecule has 1 heterocycles. The minimum Gasteiger partial charge on any atom is -0.490 e. The summed E-state index contributed by atoms with van der Waals surface area (Å²) in [6, 6.07) is 19.3. The van der Waals surface area contributed by atoms with Crippen LogP contribution >= 0.6 is 0 Å². The molecule has 3 aromatic carbocycles. The van der Waals surface area contributed by atoms with Gasteiger partial charge in [-0.3, -0.25) is 20.0 Å². The second-order valence-corrected chi connectivity index (χ2v) is 9.20. The highest BCUT2D eigenvalue weighted by Crippen LogP contribution is 2.33. The highest BCUT2D eigenvalue weighted by Gasteiger charge is 2.23. The van der Waals surface area contributed by atoms with Crippen molar-refractivity contribution >= 4 is 23.4 Å². The molecule has 1 unspecified atom stereocenters. The topological polar surface area (TPSA) is 197 Å². The summed E-state index contributed by atoms with van der Waals surface area (Å²) < 4.78 is 12.8. The van der Waals surface area contributed by atoms with Crippen molar-refractivity contribution in [2.24, 2.45) is 5.73 Å². The Bertz CT molecular complexity index is 1620. The Morgan fingerprint density at radius 3 is 2.37 bits per heavy atom. The largest absolute Gasteiger partial charge is 0.490 e. The number of H-pyrrole nitrogens is 1. The molecule has 0 aliphatic rings. The van der Waals surface area contributed by atoms with E-state index < -0.39 is 12.0 Å². The number of ether oxygens (including phenoxy) is 2. The Hall–Kier alpha value is -5.59. The molecule has 0 aliphatic carbocycles. The Balaban J connectivity index is 0.00000119. The van der Waals surface area contributed by atoms with Crippen molar-refractivity contribution in [3.63, 3.8) is 0 Å². The fourth-order valence-corrected chi connectivity index (χ4v) is 3.96. The third kappa shape index (κ3) is 8.70. The maximum atomic E-state index is 13.0. The van der Waals surface area contributed by atoms with Crippen LogP contribution in [0.3, 0.4) is 0 Å². The summed E-state index contributed by atoms with van der Waals surface area (Å²) in [5.41, 5.74) is 8.83. The van der Waals surface area contributed by atoms with E-state index in [0.29, 0.717) is 40.9 Å². The lowest BCUT2D eigenvalue weighted by molar-refractivity contribution is -0.134. The molecule has 0 radical (unpaired) electrons. The van der Waals surface area contributed by atoms with E-state index in [2.05, 4.69) is 20.7 Å². The monoisotopic (exact) mass is 589 g/mol. The fraction of sp³-hybridized carbons (Fsp3) is 0.233. The highest BCUT2D eigenvalue weighted by atomic mass is 16.5. The van der Waals surface area contributed by atoms with Crippen LogP contribution in [0, 0.1) is 12.3 Å². The Morgan fingerprint density at radius 2 is 1.77 bits per heavy atom. The van der Waals surface area contributed by atoms with Gasteiger partial charge in [0.1, 0.15) is 11.9 Å². The lowest BCUT2D eigenvalue weighted by Crippen LogP contribution is -2.25. The number of hydrogen-bond acceptors (Lipinski definition) is 8. The molecule has 43 heavy (non-hydrogen) atoms. The fourth-order valence-electron chi connectivity index (χ4n) is 3.96. The molecule has 7 N–H and O–H groups in total. The van der Waals surface area contributed by atoms with Crippen molar-refractivity contribution in [3.8, 4) is 17.2 Å². The van der Waals surface area contributed by atoms with Crippen molar-refractivity contribution in [3.05, 3.63) is 99.7 Å². The second-order valence-electron chi connectivity index (χ2n) is 9.20. The molecule has 1 atom stereocenters. The molecule has 1 aromatic heterocycles. The molecule has 226 valence electrons. The van der Waals surface area contributed by atoms with Gasteiger partial charge in [-0.15, -0.1) is 5.10 Å². The normalized spacial score (nSPS) is 11.0. The van der Waals surface area contributed by atoms with Gasteiger partial charge in [-0.1, -0.05) is 24.3 Å². The number of rotatable bonds is 11. The number of hydrogen-bond donors (Lipinski definition) is 6. The summed E-state index contributed by atoms with van der Waals surface area (Å²) >= 11 is 0. The summed E-state index contributed by atoms with van der Waals surface area (Å²) in [5.74, 6) is 0.0916. The summed E-state index contributed by atoms with van der Waals surface area (Å²) in [6.07, 6.45) is 0. The molecule has 0 spiro atoms. The summed E-state index contributed by atoms with van der Waals surface area (Å²) in [6.45, 7) is 5.06. The zero-order valence-electron chi connectivity index (χ0n) is 24.3. The van der Waals surface area contributed by atoms with E-state index in [-0.39, 0.29) is 24.0 Å². The number of carboxylic acids is 1. The lowest BCUT2D eigenvalue weighted by atomic mass is 10.0. The van der Waals surface area contributed by atoms with E-state index in [1.165, 1.54) is 11.7 Å². The van der Waals surface area contributed by atoms with Crippen LogP contribution in [0.2, 0.25) is 0 Å². The van der Waals surface area contributed by atoms with E-state index in [0.717, 1.165) is 18.1 Å². The van der Waals surface area contributed by atoms with Gasteiger partial charge in [-0.05, 0) is 67.4 Å². The number of nitrogens with two attached hydrogens (primary N) is 1. The molecular weight excluding hydrogens is 554 g/mol. The van der Waals surface area contributed by atoms with Gasteiger partial charge in [-0.25, -0.2) is 4.79 Å². The lowest BCUT2D eigenvalue weighted by Gasteiger charge is -2.20. The number of aryl methyl sites for hydroxylation is 1. The molecule has 4 aromatic rings. The molecule has 0 fully saturated rings. The third-order valence-corrected chi connectivity index (χ3v) is 6.00. The molecule has 0 bridgehead atoms. The first-order chi connectivity index (χ1) is 20.5. The number of carbonyl (C=O) groups is 2. The first-order valence-electron chi connectivity index (χ1n) is 13.3. The minimum atomic E-state index is -0.833. The van der Waals surface area contributed by atoms with Crippen LogP contribution in [0.4, 0.5) is 5.69 Å². The van der Waals surface area contributed by atoms with Gasteiger partial charge in [0, 0.05) is 25.2 Å². The minimum absolute atomic E-state index is 0.0342. The van der Waals surface area contributed by atoms with Gasteiger partial charge in [-0.2, -0.15) is 4.68 Å². The Kier molecular flexibility index (Phi) is 11.0. The number of anilines is 1. The zero-order valence-corrected chi connectivity index (χ0v) is 24.3. The number of aliphatic carboxylic acids is 1. The standard InChI is InChI=1S/C28H31N7O4.C2H4O2/c1-4-38-23-15-19(11-14-22(23)39-16-24(36)31-3)25(32-20-12-9-18(10-13-20)26(29)30)27-33-28(37)35(34-27)21-8-6-5-7-17(21)2;1-2(3)4/h5-15,25,32H,4,16H2,1-3H3,(H3,29,30)(H,31,36)(H,33,34,37);1H3,(H,3,4). The molecular formula is C30H35N7O6. The molecule has 13 heteroatoms. The van der Waals surface area contributed by atoms with E-state index in [1.807, 2.05) is 44.2 Å². The van der Waals surface area contributed by atoms with Crippen molar-refractivity contribution < 1.29 is 24.2 Å². The van der Waals surface area contributed by atoms with Crippen LogP contribution in [-0.2, 0) is 9.59 Å². The predicted octanol–water partition coefficient (Wildman–Crippen LogP) is 2.97. The summed E-state index contributed by atoms with van der Waals surface area (Å²) in [7, 11) is 1.54. The molecule has 4 rings (SSSR count). The number of aromatic nitrogens is 3. The quantitative estimate of drug-likeness (QED) is 0.112. The predicted molar refractivity (Wildman–Crippen MR) is 162 cm³/mol. The van der Waals surface area contributed by atoms with Gasteiger partial charge < -0.3 is 30.9 Å². The van der Waals surface area contributed by atoms with Gasteiger partial charge in [0.05, 0.1) is 12.3 Å². The number of carbonyl (C=O) groups excluding carboxylic acids is 1. The van der Waals surface area contributed by atoms with Crippen molar-refractivity contribution in [2.75, 3.05) is 25.6 Å². The van der Waals surface area contributed by atoms with Crippen molar-refractivity contribution in [2.45, 2.75) is 26.8 Å². The first kappa shape index (κ1) is 31.9. The average molecular weight is 590 g/mol. The number of benzene rings is 3. The summed E-state index contributed by atoms with van der Waals surface area (Å²) in [5, 5.41) is 25.6. The highest BCUT2D eigenvalue weighted by molar-refractivity contribution is 5.95. The van der Waals surface area contributed by atoms with Crippen LogP contribution in [0.5, 0.6) is 11.5 Å². The van der Waals surface area contributed by atoms with Crippen LogP contribution in [-0.4, -0.2) is 57.8 Å². The molecule has 0 aliphatic heterocycles. The van der Waals surface area contributed by atoms with Crippen LogP contribution in [0.15, 0.2) is 71.5 Å². The third-order valence-electron chi connectivity index (χ3n) is 6.00. The second kappa shape index (κ2) is 14.9. The molecule has 13 nitrogen and oxygen atoms in total. The van der Waals surface area contributed by atoms with E-state index in [1.54, 1.807) is 36.4 Å². The molecule has 1 amide bonds. The smallest absolute Gasteiger partial charge is 0.348 e. The van der Waals surface area contributed by atoms with Crippen molar-refractivity contribution in [1.82, 2.24) is 20.1 Å². The number of amides is 1. The number of para-hydroxylation sites is 1. The number of likely N-dealkylation sites (N-methyl/N-ethyl adjacent to an activating group) is 1. The zero-order chi connectivity index (χ0) is 31.5. The SMILES string of the molecule is CC(=O)O.CCOc1cc(C(Nc2ccc(C(=N)N)cc2)c2nn(-c3ccccc3C)c(=O)[nH]2)ccc1OCC(=O)NC. The van der Waals surface area contributed by atoms with Gasteiger partial charge >= 0.3 is 5.69 Å². The molecule has 0 saturated carbocycles. The van der Waals surface area contributed by atoms with Crippen molar-refractivity contribution in [1.29, 1.82) is 5.41 Å². The number of amidine groups is 1. The van der Waals surface area contributed by atoms with Gasteiger partial charge in [0.2, 0.25) is 0 Å². The maximum absolute atomic E-state index is 13.0. The van der Waals surface area contributed by atoms with E-state index in [9.17, 15) is 9.59 Å². The summed E-state index contributed by atoms with van der Waals surface area (Å²) in [4.78, 5) is 36.6. The van der Waals surface area contributed by atoms with Crippen LogP contribution < -0.4 is 31.5 Å². The molecule has 0 saturated heterocycles. The van der Waals surface area contributed by atoms with Crippen LogP contribution in [0.1, 0.15) is 42.4 Å². The van der Waals surface area contributed by atoms with Gasteiger partial charge in [0.25, 0.3) is 11.9 Å². The average Bonchev–Trinajstić information content (AvgIpc) is 3.36. The first-order valence-corrected chi connectivity index (χ1v) is 13.3. The number of carboxylic acid groups (broad SMARTS) is 1. The Labute approximate surface area is 248 Å². The van der Waals surface area contributed by atoms with E-state index in [4.69, 9.17) is 30.5 Å². The van der Waals surface area contributed by atoms with Gasteiger partial charge in [0.15, 0.2) is 23.9 Å². The number of nitrogen functional groups attached to an aromatic ring is 1. The maximum Gasteiger partial charge on any atom is 0.348 e. The number of nitrogens with one attached hydrogen (secondary N) is 4. The van der Waals surface area contributed by atoms with E-state index >= 15 is 0 Å². The van der Waals surface area contributed by atoms with Crippen LogP contribution in [0.25, 0.3) is 5.69 Å². The number of nitrogens with zero attached hydrogens (tertiary/aromatic N) is 2. The number of aromatic amines is 1. The Morgan fingerprint density at radius 1 is 1.09 bits per heavy atom.